The quantitative estimate of drug-likeness (QED) is 0.482. The Bertz CT molecular complexity index is 354. The number of nitrogens with two attached hydrogens (primary N) is 1. The molecule has 2 amide bonds. The van der Waals surface area contributed by atoms with Gasteiger partial charge in [-0.2, -0.15) is 0 Å². The summed E-state index contributed by atoms with van der Waals surface area (Å²) in [5.74, 6) is 0.999. The first-order valence-corrected chi connectivity index (χ1v) is 8.98. The van der Waals surface area contributed by atoms with Crippen LogP contribution in [0.15, 0.2) is 0 Å². The van der Waals surface area contributed by atoms with Gasteiger partial charge in [0.05, 0.1) is 0 Å². The predicted octanol–water partition coefficient (Wildman–Crippen LogP) is 3.08. The van der Waals surface area contributed by atoms with E-state index in [2.05, 4.69) is 38.3 Å². The van der Waals surface area contributed by atoms with E-state index in [1.807, 2.05) is 13.8 Å². The van der Waals surface area contributed by atoms with Crippen LogP contribution in [0.1, 0.15) is 67.2 Å². The van der Waals surface area contributed by atoms with E-state index in [1.165, 1.54) is 0 Å². The number of rotatable bonds is 12. The molecule has 0 spiro atoms. The lowest BCUT2D eigenvalue weighted by molar-refractivity contribution is -0.126. The SMILES string of the molecule is CC(C)N[C@H](CC[C@@H](CCCNC(N)=O)C(=O)C(C)C)C(C)C. The summed E-state index contributed by atoms with van der Waals surface area (Å²) in [4.78, 5) is 23.2. The minimum Gasteiger partial charge on any atom is -0.352 e. The van der Waals surface area contributed by atoms with Crippen molar-refractivity contribution in [2.24, 2.45) is 23.5 Å². The zero-order chi connectivity index (χ0) is 18.0. The van der Waals surface area contributed by atoms with Gasteiger partial charge in [0, 0.05) is 30.5 Å². The van der Waals surface area contributed by atoms with Gasteiger partial charge in [0.25, 0.3) is 0 Å². The number of nitrogens with one attached hydrogen (secondary N) is 2. The van der Waals surface area contributed by atoms with Gasteiger partial charge in [-0.15, -0.1) is 0 Å². The molecule has 0 saturated carbocycles. The molecule has 0 radical (unpaired) electrons. The van der Waals surface area contributed by atoms with Gasteiger partial charge in [-0.05, 0) is 31.6 Å². The first-order valence-electron chi connectivity index (χ1n) is 8.98. The van der Waals surface area contributed by atoms with Crippen molar-refractivity contribution in [1.29, 1.82) is 0 Å². The average Bonchev–Trinajstić information content (AvgIpc) is 2.43. The number of urea groups is 1. The molecule has 2 atom stereocenters. The molecule has 136 valence electrons. The largest absolute Gasteiger partial charge is 0.352 e. The molecule has 0 aliphatic rings. The predicted molar refractivity (Wildman–Crippen MR) is 96.3 cm³/mol. The van der Waals surface area contributed by atoms with Gasteiger partial charge in [-0.25, -0.2) is 4.79 Å². The Hall–Kier alpha value is -1.10. The fraction of sp³-hybridized carbons (Fsp3) is 0.889. The normalized spacial score (nSPS) is 14.3. The van der Waals surface area contributed by atoms with E-state index in [1.54, 1.807) is 0 Å². The molecule has 0 unspecified atom stereocenters. The fourth-order valence-corrected chi connectivity index (χ4v) is 2.88. The summed E-state index contributed by atoms with van der Waals surface area (Å²) in [5, 5.41) is 6.19. The zero-order valence-corrected chi connectivity index (χ0v) is 15.8. The lowest BCUT2D eigenvalue weighted by atomic mass is 9.85. The standard InChI is InChI=1S/C18H37N3O2/c1-12(2)16(21-14(5)6)10-9-15(17(22)13(3)4)8-7-11-20-18(19)23/h12-16,21H,7-11H2,1-6H3,(H3,19,20,23)/t15-,16-/m1/s1. The van der Waals surface area contributed by atoms with Crippen molar-refractivity contribution < 1.29 is 9.59 Å². The summed E-state index contributed by atoms with van der Waals surface area (Å²) in [6.45, 7) is 13.2. The third-order valence-electron chi connectivity index (χ3n) is 4.18. The van der Waals surface area contributed by atoms with Crippen molar-refractivity contribution in [1.82, 2.24) is 10.6 Å². The zero-order valence-electron chi connectivity index (χ0n) is 15.8. The lowest BCUT2D eigenvalue weighted by Gasteiger charge is -2.27. The number of carbonyl (C=O) groups is 2. The molecular weight excluding hydrogens is 290 g/mol. The van der Waals surface area contributed by atoms with Crippen molar-refractivity contribution in [3.05, 3.63) is 0 Å². The molecule has 4 N–H and O–H groups in total. The second-order valence-electron chi connectivity index (χ2n) is 7.44. The molecule has 0 rings (SSSR count). The Kier molecular flexibility index (Phi) is 10.9. The van der Waals surface area contributed by atoms with E-state index in [9.17, 15) is 9.59 Å². The van der Waals surface area contributed by atoms with E-state index in [4.69, 9.17) is 5.73 Å². The van der Waals surface area contributed by atoms with Crippen LogP contribution in [0, 0.1) is 17.8 Å². The number of ketones is 1. The average molecular weight is 328 g/mol. The van der Waals surface area contributed by atoms with E-state index in [0.29, 0.717) is 30.3 Å². The third-order valence-corrected chi connectivity index (χ3v) is 4.18. The molecule has 23 heavy (non-hydrogen) atoms. The highest BCUT2D eigenvalue weighted by molar-refractivity contribution is 5.82. The second kappa shape index (κ2) is 11.4. The number of carbonyl (C=O) groups excluding carboxylic acids is 2. The molecule has 0 aliphatic heterocycles. The number of Topliss-reactive ketones (excluding diaryl/α,β-unsaturated/α-hetero) is 1. The summed E-state index contributed by atoms with van der Waals surface area (Å²) in [6, 6.07) is 0.375. The third kappa shape index (κ3) is 10.3. The van der Waals surface area contributed by atoms with Gasteiger partial charge < -0.3 is 16.4 Å². The highest BCUT2D eigenvalue weighted by atomic mass is 16.2. The van der Waals surface area contributed by atoms with Gasteiger partial charge in [0.1, 0.15) is 5.78 Å². The van der Waals surface area contributed by atoms with Crippen LogP contribution in [0.3, 0.4) is 0 Å². The topological polar surface area (TPSA) is 84.2 Å². The summed E-state index contributed by atoms with van der Waals surface area (Å²) < 4.78 is 0. The summed E-state index contributed by atoms with van der Waals surface area (Å²) in [6.07, 6.45) is 3.50. The Morgan fingerprint density at radius 2 is 1.57 bits per heavy atom. The fourth-order valence-electron chi connectivity index (χ4n) is 2.88. The molecule has 0 aromatic heterocycles. The molecule has 5 nitrogen and oxygen atoms in total. The van der Waals surface area contributed by atoms with Crippen LogP contribution >= 0.6 is 0 Å². The van der Waals surface area contributed by atoms with Gasteiger partial charge in [0.15, 0.2) is 0 Å². The van der Waals surface area contributed by atoms with Gasteiger partial charge in [-0.3, -0.25) is 4.79 Å². The number of hydrogen-bond donors (Lipinski definition) is 3. The highest BCUT2D eigenvalue weighted by Gasteiger charge is 2.23. The van der Waals surface area contributed by atoms with E-state index in [0.717, 1.165) is 25.7 Å². The lowest BCUT2D eigenvalue weighted by Crippen LogP contribution is -2.39. The molecule has 0 fully saturated rings. The molecule has 0 aromatic carbocycles. The minimum atomic E-state index is -0.502. The van der Waals surface area contributed by atoms with Crippen molar-refractivity contribution in [3.63, 3.8) is 0 Å². The first-order chi connectivity index (χ1) is 10.6. The van der Waals surface area contributed by atoms with Crippen molar-refractivity contribution >= 4 is 11.8 Å². The molecule has 5 heteroatoms. The van der Waals surface area contributed by atoms with Crippen LogP contribution in [0.25, 0.3) is 0 Å². The molecule has 0 aliphatic carbocycles. The maximum absolute atomic E-state index is 12.4. The van der Waals surface area contributed by atoms with Crippen LogP contribution in [-0.4, -0.2) is 30.4 Å². The Morgan fingerprint density at radius 3 is 2.00 bits per heavy atom. The Morgan fingerprint density at radius 1 is 0.957 bits per heavy atom. The van der Waals surface area contributed by atoms with E-state index < -0.39 is 6.03 Å². The van der Waals surface area contributed by atoms with E-state index >= 15 is 0 Å². The summed E-state index contributed by atoms with van der Waals surface area (Å²) in [5.41, 5.74) is 5.07. The molecular formula is C18H37N3O2. The van der Waals surface area contributed by atoms with Crippen LogP contribution in [0.5, 0.6) is 0 Å². The van der Waals surface area contributed by atoms with Crippen LogP contribution < -0.4 is 16.4 Å². The maximum atomic E-state index is 12.4. The summed E-state index contributed by atoms with van der Waals surface area (Å²) in [7, 11) is 0. The smallest absolute Gasteiger partial charge is 0.312 e. The van der Waals surface area contributed by atoms with Gasteiger partial charge in [0.2, 0.25) is 0 Å². The number of primary amides is 1. The van der Waals surface area contributed by atoms with Crippen LogP contribution in [0.2, 0.25) is 0 Å². The molecule has 0 aromatic rings. The number of hydrogen-bond acceptors (Lipinski definition) is 3. The van der Waals surface area contributed by atoms with Gasteiger partial charge in [-0.1, -0.05) is 41.5 Å². The Labute approximate surface area is 142 Å². The molecule has 0 saturated heterocycles. The highest BCUT2D eigenvalue weighted by Crippen LogP contribution is 2.22. The van der Waals surface area contributed by atoms with Crippen molar-refractivity contribution in [2.45, 2.75) is 79.3 Å². The summed E-state index contributed by atoms with van der Waals surface area (Å²) >= 11 is 0. The second-order valence-corrected chi connectivity index (χ2v) is 7.44. The minimum absolute atomic E-state index is 0.0552. The van der Waals surface area contributed by atoms with Crippen LogP contribution in [0.4, 0.5) is 4.79 Å². The van der Waals surface area contributed by atoms with Crippen molar-refractivity contribution in [3.8, 4) is 0 Å². The molecule has 0 heterocycles. The number of amides is 2. The van der Waals surface area contributed by atoms with E-state index in [-0.39, 0.29) is 11.8 Å². The van der Waals surface area contributed by atoms with Crippen LogP contribution in [-0.2, 0) is 4.79 Å². The van der Waals surface area contributed by atoms with Gasteiger partial charge >= 0.3 is 6.03 Å². The molecule has 0 bridgehead atoms. The monoisotopic (exact) mass is 327 g/mol. The first kappa shape index (κ1) is 21.9. The van der Waals surface area contributed by atoms with Crippen molar-refractivity contribution in [2.75, 3.05) is 6.54 Å². The Balaban J connectivity index is 4.55. The maximum Gasteiger partial charge on any atom is 0.312 e.